The average Bonchev–Trinajstić information content (AvgIpc) is 3.07. The molecule has 6 heteroatoms. The van der Waals surface area contributed by atoms with Crippen molar-refractivity contribution < 1.29 is 4.79 Å². The number of hydrogen-bond donors (Lipinski definition) is 0. The summed E-state index contributed by atoms with van der Waals surface area (Å²) in [4.78, 5) is 14.7. The number of aryl methyl sites for hydroxylation is 2. The van der Waals surface area contributed by atoms with Crippen molar-refractivity contribution in [2.45, 2.75) is 32.0 Å². The number of nitrogens with zero attached hydrogens (tertiary/aromatic N) is 4. The van der Waals surface area contributed by atoms with E-state index in [1.54, 1.807) is 0 Å². The van der Waals surface area contributed by atoms with Crippen molar-refractivity contribution in [2.24, 2.45) is 0 Å². The summed E-state index contributed by atoms with van der Waals surface area (Å²) in [5.74, 6) is 1.33. The lowest BCUT2D eigenvalue weighted by Crippen LogP contribution is -2.37. The molecule has 0 aliphatic carbocycles. The Kier molecular flexibility index (Phi) is 4.99. The predicted molar refractivity (Wildman–Crippen MR) is 107 cm³/mol. The Morgan fingerprint density at radius 2 is 1.78 bits per heavy atom. The lowest BCUT2D eigenvalue weighted by molar-refractivity contribution is -0.129. The van der Waals surface area contributed by atoms with Gasteiger partial charge in [-0.25, -0.2) is 0 Å². The Hall–Kier alpha value is -2.60. The Labute approximate surface area is 163 Å². The van der Waals surface area contributed by atoms with Gasteiger partial charge in [-0.3, -0.25) is 9.36 Å². The van der Waals surface area contributed by atoms with Crippen LogP contribution in [-0.2, 0) is 17.8 Å². The monoisotopic (exact) mass is 378 g/mol. The van der Waals surface area contributed by atoms with Crippen LogP contribution in [0.1, 0.15) is 22.5 Å². The fraction of sp³-hybridized carbons (Fsp3) is 0.286. The molecule has 0 saturated heterocycles. The minimum Gasteiger partial charge on any atom is -0.337 e. The number of aromatic nitrogens is 3. The zero-order valence-electron chi connectivity index (χ0n) is 15.6. The maximum absolute atomic E-state index is 12.7. The summed E-state index contributed by atoms with van der Waals surface area (Å²) < 4.78 is 2.00. The van der Waals surface area contributed by atoms with Crippen LogP contribution in [0.15, 0.2) is 53.7 Å². The van der Waals surface area contributed by atoms with Crippen LogP contribution in [0.4, 0.5) is 0 Å². The van der Waals surface area contributed by atoms with E-state index in [1.807, 2.05) is 22.5 Å². The van der Waals surface area contributed by atoms with Gasteiger partial charge in [0.05, 0.1) is 5.75 Å². The standard InChI is InChI=1S/C21H22N4OS/c1-15-7-9-19(10-8-15)25-16(2)22-23-21(25)27-14-20(26)24-12-11-17-5-3-4-6-18(17)13-24/h3-10H,11-14H2,1-2H3. The molecule has 4 rings (SSSR count). The highest BCUT2D eigenvalue weighted by molar-refractivity contribution is 7.99. The fourth-order valence-electron chi connectivity index (χ4n) is 3.35. The van der Waals surface area contributed by atoms with Crippen LogP contribution >= 0.6 is 11.8 Å². The molecule has 2 aromatic carbocycles. The predicted octanol–water partition coefficient (Wildman–Crippen LogP) is 3.56. The van der Waals surface area contributed by atoms with Gasteiger partial charge in [-0.05, 0) is 43.5 Å². The topological polar surface area (TPSA) is 51.0 Å². The molecule has 1 amide bonds. The molecule has 2 heterocycles. The zero-order chi connectivity index (χ0) is 18.8. The van der Waals surface area contributed by atoms with Crippen molar-refractivity contribution in [1.29, 1.82) is 0 Å². The molecule has 0 atom stereocenters. The summed E-state index contributed by atoms with van der Waals surface area (Å²) in [6.45, 7) is 5.47. The van der Waals surface area contributed by atoms with E-state index in [0.717, 1.165) is 29.6 Å². The van der Waals surface area contributed by atoms with Crippen LogP contribution in [-0.4, -0.2) is 37.9 Å². The van der Waals surface area contributed by atoms with Crippen molar-refractivity contribution in [3.05, 3.63) is 71.0 Å². The van der Waals surface area contributed by atoms with Gasteiger partial charge in [-0.1, -0.05) is 53.7 Å². The number of hydrogen-bond acceptors (Lipinski definition) is 4. The number of thioether (sulfide) groups is 1. The highest BCUT2D eigenvalue weighted by atomic mass is 32.2. The lowest BCUT2D eigenvalue weighted by atomic mass is 10.00. The minimum atomic E-state index is 0.144. The van der Waals surface area contributed by atoms with Gasteiger partial charge in [-0.15, -0.1) is 10.2 Å². The van der Waals surface area contributed by atoms with Crippen LogP contribution in [0.5, 0.6) is 0 Å². The Balaban J connectivity index is 1.45. The second-order valence-electron chi connectivity index (χ2n) is 6.82. The van der Waals surface area contributed by atoms with Gasteiger partial charge in [0, 0.05) is 18.8 Å². The lowest BCUT2D eigenvalue weighted by Gasteiger charge is -2.28. The molecule has 138 valence electrons. The van der Waals surface area contributed by atoms with Gasteiger partial charge in [0.25, 0.3) is 0 Å². The van der Waals surface area contributed by atoms with E-state index in [-0.39, 0.29) is 5.91 Å². The van der Waals surface area contributed by atoms with E-state index in [1.165, 1.54) is 28.5 Å². The van der Waals surface area contributed by atoms with Crippen LogP contribution in [0.3, 0.4) is 0 Å². The normalized spacial score (nSPS) is 13.5. The van der Waals surface area contributed by atoms with Crippen LogP contribution in [0.25, 0.3) is 5.69 Å². The first-order chi connectivity index (χ1) is 13.1. The third-order valence-corrected chi connectivity index (χ3v) is 5.81. The largest absolute Gasteiger partial charge is 0.337 e. The molecule has 3 aromatic rings. The van der Waals surface area contributed by atoms with Gasteiger partial charge in [-0.2, -0.15) is 0 Å². The van der Waals surface area contributed by atoms with Crippen LogP contribution < -0.4 is 0 Å². The summed E-state index contributed by atoms with van der Waals surface area (Å²) >= 11 is 1.45. The molecule has 27 heavy (non-hydrogen) atoms. The van der Waals surface area contributed by atoms with Crippen molar-refractivity contribution in [3.63, 3.8) is 0 Å². The van der Waals surface area contributed by atoms with Crippen molar-refractivity contribution in [2.75, 3.05) is 12.3 Å². The van der Waals surface area contributed by atoms with Gasteiger partial charge < -0.3 is 4.90 Å². The first-order valence-electron chi connectivity index (χ1n) is 9.08. The Bertz CT molecular complexity index is 965. The highest BCUT2D eigenvalue weighted by Gasteiger charge is 2.21. The van der Waals surface area contributed by atoms with Crippen molar-refractivity contribution in [3.8, 4) is 5.69 Å². The maximum Gasteiger partial charge on any atom is 0.233 e. The maximum atomic E-state index is 12.7. The van der Waals surface area contributed by atoms with E-state index in [4.69, 9.17) is 0 Å². The summed E-state index contributed by atoms with van der Waals surface area (Å²) in [7, 11) is 0. The minimum absolute atomic E-state index is 0.144. The van der Waals surface area contributed by atoms with Crippen molar-refractivity contribution >= 4 is 17.7 Å². The average molecular weight is 379 g/mol. The number of fused-ring (bicyclic) bond motifs is 1. The molecule has 1 aliphatic rings. The third kappa shape index (κ3) is 3.76. The molecular formula is C21H22N4OS. The number of carbonyl (C=O) groups excluding carboxylic acids is 1. The first-order valence-corrected chi connectivity index (χ1v) is 10.1. The Morgan fingerprint density at radius 1 is 1.04 bits per heavy atom. The van der Waals surface area contributed by atoms with E-state index >= 15 is 0 Å². The molecule has 0 bridgehead atoms. The molecule has 0 N–H and O–H groups in total. The van der Waals surface area contributed by atoms with E-state index < -0.39 is 0 Å². The molecule has 0 unspecified atom stereocenters. The van der Waals surface area contributed by atoms with E-state index in [9.17, 15) is 4.79 Å². The van der Waals surface area contributed by atoms with Gasteiger partial charge >= 0.3 is 0 Å². The molecule has 0 spiro atoms. The fourth-order valence-corrected chi connectivity index (χ4v) is 4.25. The second kappa shape index (κ2) is 7.56. The quantitative estimate of drug-likeness (QED) is 0.652. The smallest absolute Gasteiger partial charge is 0.233 e. The van der Waals surface area contributed by atoms with Gasteiger partial charge in [0.1, 0.15) is 5.82 Å². The first kappa shape index (κ1) is 17.8. The molecule has 0 radical (unpaired) electrons. The Morgan fingerprint density at radius 3 is 2.56 bits per heavy atom. The SMILES string of the molecule is Cc1ccc(-n2c(C)nnc2SCC(=O)N2CCc3ccccc3C2)cc1. The highest BCUT2D eigenvalue weighted by Crippen LogP contribution is 2.24. The molecule has 1 aromatic heterocycles. The van der Waals surface area contributed by atoms with Crippen LogP contribution in [0.2, 0.25) is 0 Å². The second-order valence-corrected chi connectivity index (χ2v) is 7.77. The third-order valence-electron chi connectivity index (χ3n) is 4.90. The van der Waals surface area contributed by atoms with E-state index in [0.29, 0.717) is 12.3 Å². The number of amides is 1. The molecular weight excluding hydrogens is 356 g/mol. The molecule has 0 fully saturated rings. The number of rotatable bonds is 4. The molecule has 5 nitrogen and oxygen atoms in total. The summed E-state index contributed by atoms with van der Waals surface area (Å²) in [5.41, 5.74) is 4.83. The van der Waals surface area contributed by atoms with Gasteiger partial charge in [0.2, 0.25) is 5.91 Å². The zero-order valence-corrected chi connectivity index (χ0v) is 16.4. The molecule has 0 saturated carbocycles. The van der Waals surface area contributed by atoms with Crippen molar-refractivity contribution in [1.82, 2.24) is 19.7 Å². The van der Waals surface area contributed by atoms with Gasteiger partial charge in [0.15, 0.2) is 5.16 Å². The summed E-state index contributed by atoms with van der Waals surface area (Å²) in [5, 5.41) is 9.23. The van der Waals surface area contributed by atoms with Crippen LogP contribution in [0, 0.1) is 13.8 Å². The number of benzene rings is 2. The summed E-state index contributed by atoms with van der Waals surface area (Å²) in [6.07, 6.45) is 0.922. The number of carbonyl (C=O) groups is 1. The summed E-state index contributed by atoms with van der Waals surface area (Å²) in [6, 6.07) is 16.6. The van der Waals surface area contributed by atoms with E-state index in [2.05, 4.69) is 59.6 Å². The molecule has 1 aliphatic heterocycles.